The first-order chi connectivity index (χ1) is 17.3. The average molecular weight is 508 g/mol. The zero-order valence-electron chi connectivity index (χ0n) is 19.5. The highest BCUT2D eigenvalue weighted by molar-refractivity contribution is 7.90. The van der Waals surface area contributed by atoms with E-state index in [9.17, 15) is 22.4 Å². The molecule has 1 aliphatic heterocycles. The summed E-state index contributed by atoms with van der Waals surface area (Å²) in [5.74, 6) is -1.90. The maximum absolute atomic E-state index is 13.1. The Morgan fingerprint density at radius 3 is 2.61 bits per heavy atom. The fraction of sp³-hybridized carbons (Fsp3) is 0.259. The number of rotatable bonds is 6. The lowest BCUT2D eigenvalue weighted by Crippen LogP contribution is -2.43. The second-order valence-electron chi connectivity index (χ2n) is 9.24. The number of carbonyl (C=O) groups excluding carboxylic acids is 2. The van der Waals surface area contributed by atoms with Crippen LogP contribution in [0.1, 0.15) is 45.9 Å². The van der Waals surface area contributed by atoms with Crippen LogP contribution in [0.2, 0.25) is 0 Å². The van der Waals surface area contributed by atoms with Gasteiger partial charge in [-0.3, -0.25) is 9.59 Å². The van der Waals surface area contributed by atoms with Crippen molar-refractivity contribution in [3.8, 4) is 0 Å². The lowest BCUT2D eigenvalue weighted by atomic mass is 9.87. The van der Waals surface area contributed by atoms with E-state index in [4.69, 9.17) is 0 Å². The summed E-state index contributed by atoms with van der Waals surface area (Å²) in [6, 6.07) is 17.2. The number of sulfone groups is 1. The molecule has 0 saturated carbocycles. The molecule has 186 valence electrons. The van der Waals surface area contributed by atoms with Crippen LogP contribution in [0.25, 0.3) is 0 Å². The van der Waals surface area contributed by atoms with Crippen LogP contribution in [0, 0.1) is 5.82 Å². The van der Waals surface area contributed by atoms with Crippen molar-refractivity contribution in [1.29, 1.82) is 0 Å². The van der Waals surface area contributed by atoms with Crippen LogP contribution >= 0.6 is 0 Å². The summed E-state index contributed by atoms with van der Waals surface area (Å²) in [4.78, 5) is 25.7. The SMILES string of the molecule is O=C(N[C@@H]1CCCc2ccccc21)c1ccc2c(c1)NC(=O)[C@H](CS(=O)(=O)Cc1ccc(F)cc1)N2. The van der Waals surface area contributed by atoms with E-state index in [0.717, 1.165) is 24.8 Å². The minimum atomic E-state index is -3.65. The maximum atomic E-state index is 13.1. The standard InChI is InChI=1S/C27H26FN3O4S/c28-20-11-8-17(9-12-20)15-36(34,35)16-25-27(33)31-24-14-19(10-13-23(24)29-25)26(32)30-22-7-3-5-18-4-1-2-6-21(18)22/h1-2,4,6,8-14,22,25,29H,3,5,7,15-16H2,(H,30,32)(H,31,33)/t22-,25+/m1/s1. The molecule has 0 saturated heterocycles. The predicted molar refractivity (Wildman–Crippen MR) is 136 cm³/mol. The summed E-state index contributed by atoms with van der Waals surface area (Å²) in [6.45, 7) is 0. The Balaban J connectivity index is 1.26. The second kappa shape index (κ2) is 9.73. The van der Waals surface area contributed by atoms with Crippen molar-refractivity contribution in [2.24, 2.45) is 0 Å². The number of hydrogen-bond acceptors (Lipinski definition) is 5. The Labute approximate surface area is 209 Å². The summed E-state index contributed by atoms with van der Waals surface area (Å²) in [7, 11) is -3.65. The molecule has 9 heteroatoms. The van der Waals surface area contributed by atoms with E-state index >= 15 is 0 Å². The van der Waals surface area contributed by atoms with Gasteiger partial charge in [0.1, 0.15) is 11.9 Å². The molecule has 3 aromatic carbocycles. The number of halogens is 1. The lowest BCUT2D eigenvalue weighted by Gasteiger charge is -2.28. The van der Waals surface area contributed by atoms with E-state index in [1.54, 1.807) is 18.2 Å². The fourth-order valence-electron chi connectivity index (χ4n) is 4.80. The molecule has 36 heavy (non-hydrogen) atoms. The molecule has 3 N–H and O–H groups in total. The molecule has 3 aromatic rings. The third-order valence-electron chi connectivity index (χ3n) is 6.58. The van der Waals surface area contributed by atoms with Crippen molar-refractivity contribution in [2.75, 3.05) is 16.4 Å². The molecule has 0 aromatic heterocycles. The van der Waals surface area contributed by atoms with Gasteiger partial charge >= 0.3 is 0 Å². The molecule has 0 fully saturated rings. The summed E-state index contributed by atoms with van der Waals surface area (Å²) >= 11 is 0. The van der Waals surface area contributed by atoms with Crippen molar-refractivity contribution in [3.63, 3.8) is 0 Å². The molecule has 0 spiro atoms. The molecule has 0 radical (unpaired) electrons. The number of nitrogens with one attached hydrogen (secondary N) is 3. The summed E-state index contributed by atoms with van der Waals surface area (Å²) < 4.78 is 38.4. The molecule has 1 heterocycles. The Morgan fingerprint density at radius 2 is 1.81 bits per heavy atom. The fourth-order valence-corrected chi connectivity index (χ4v) is 6.36. The minimum Gasteiger partial charge on any atom is -0.371 e. The lowest BCUT2D eigenvalue weighted by molar-refractivity contribution is -0.116. The third kappa shape index (κ3) is 5.26. The van der Waals surface area contributed by atoms with Crippen molar-refractivity contribution in [2.45, 2.75) is 37.1 Å². The minimum absolute atomic E-state index is 0.0677. The molecule has 7 nitrogen and oxygen atoms in total. The van der Waals surface area contributed by atoms with Crippen LogP contribution < -0.4 is 16.0 Å². The Morgan fingerprint density at radius 1 is 1.03 bits per heavy atom. The topological polar surface area (TPSA) is 104 Å². The van der Waals surface area contributed by atoms with E-state index in [2.05, 4.69) is 22.0 Å². The largest absolute Gasteiger partial charge is 0.371 e. The van der Waals surface area contributed by atoms with Gasteiger partial charge in [-0.15, -0.1) is 0 Å². The van der Waals surface area contributed by atoms with Crippen molar-refractivity contribution in [1.82, 2.24) is 5.32 Å². The van der Waals surface area contributed by atoms with Gasteiger partial charge in [0, 0.05) is 5.56 Å². The van der Waals surface area contributed by atoms with Gasteiger partial charge < -0.3 is 16.0 Å². The van der Waals surface area contributed by atoms with Gasteiger partial charge in [0.25, 0.3) is 5.91 Å². The molecule has 5 rings (SSSR count). The molecule has 0 unspecified atom stereocenters. The number of aryl methyl sites for hydroxylation is 1. The van der Waals surface area contributed by atoms with E-state index < -0.39 is 33.4 Å². The maximum Gasteiger partial charge on any atom is 0.251 e. The number of carbonyl (C=O) groups is 2. The summed E-state index contributed by atoms with van der Waals surface area (Å²) in [5.41, 5.74) is 4.19. The normalized spacial score (nSPS) is 18.9. The molecule has 2 amide bonds. The van der Waals surface area contributed by atoms with Crippen molar-refractivity contribution < 1.29 is 22.4 Å². The summed E-state index contributed by atoms with van der Waals surface area (Å²) in [5, 5.41) is 8.80. The third-order valence-corrected chi connectivity index (χ3v) is 8.20. The molecular weight excluding hydrogens is 481 g/mol. The van der Waals surface area contributed by atoms with Crippen LogP contribution in [-0.2, 0) is 26.8 Å². The smallest absolute Gasteiger partial charge is 0.251 e. The quantitative estimate of drug-likeness (QED) is 0.468. The molecular formula is C27H26FN3O4S. The Bertz CT molecular complexity index is 1420. The number of hydrogen-bond donors (Lipinski definition) is 3. The van der Waals surface area contributed by atoms with Crippen LogP contribution in [0.15, 0.2) is 66.7 Å². The van der Waals surface area contributed by atoms with Gasteiger partial charge in [-0.25, -0.2) is 12.8 Å². The highest BCUT2D eigenvalue weighted by Gasteiger charge is 2.31. The highest BCUT2D eigenvalue weighted by Crippen LogP contribution is 2.31. The first kappa shape index (κ1) is 24.0. The molecule has 2 aliphatic rings. The van der Waals surface area contributed by atoms with Crippen molar-refractivity contribution >= 4 is 33.0 Å². The van der Waals surface area contributed by atoms with Crippen LogP contribution in [-0.4, -0.2) is 32.0 Å². The van der Waals surface area contributed by atoms with Gasteiger partial charge in [-0.1, -0.05) is 36.4 Å². The molecule has 0 bridgehead atoms. The van der Waals surface area contributed by atoms with E-state index in [1.807, 2.05) is 18.2 Å². The van der Waals surface area contributed by atoms with Gasteiger partial charge in [-0.05, 0) is 66.3 Å². The van der Waals surface area contributed by atoms with Crippen LogP contribution in [0.5, 0.6) is 0 Å². The Kier molecular flexibility index (Phi) is 6.49. The second-order valence-corrected chi connectivity index (χ2v) is 11.4. The summed E-state index contributed by atoms with van der Waals surface area (Å²) in [6.07, 6.45) is 2.86. The number of amides is 2. The predicted octanol–water partition coefficient (Wildman–Crippen LogP) is 3.98. The van der Waals surface area contributed by atoms with E-state index in [1.165, 1.54) is 29.8 Å². The molecule has 2 atom stereocenters. The zero-order chi connectivity index (χ0) is 25.3. The highest BCUT2D eigenvalue weighted by atomic mass is 32.2. The number of fused-ring (bicyclic) bond motifs is 2. The van der Waals surface area contributed by atoms with Gasteiger partial charge in [0.15, 0.2) is 9.84 Å². The number of anilines is 2. The number of benzene rings is 3. The average Bonchev–Trinajstić information content (AvgIpc) is 2.85. The Hall–Kier alpha value is -3.72. The monoisotopic (exact) mass is 507 g/mol. The van der Waals surface area contributed by atoms with E-state index in [0.29, 0.717) is 22.5 Å². The molecule has 1 aliphatic carbocycles. The van der Waals surface area contributed by atoms with Gasteiger partial charge in [0.05, 0.1) is 28.9 Å². The van der Waals surface area contributed by atoms with E-state index in [-0.39, 0.29) is 17.7 Å². The van der Waals surface area contributed by atoms with Crippen LogP contribution in [0.3, 0.4) is 0 Å². The first-order valence-corrected chi connectivity index (χ1v) is 13.6. The van der Waals surface area contributed by atoms with Gasteiger partial charge in [-0.2, -0.15) is 0 Å². The zero-order valence-corrected chi connectivity index (χ0v) is 20.3. The van der Waals surface area contributed by atoms with Gasteiger partial charge in [0.2, 0.25) is 5.91 Å². The van der Waals surface area contributed by atoms with Crippen LogP contribution in [0.4, 0.5) is 15.8 Å². The first-order valence-electron chi connectivity index (χ1n) is 11.8. The van der Waals surface area contributed by atoms with Crippen molar-refractivity contribution in [3.05, 3.63) is 94.8 Å².